The Bertz CT molecular complexity index is 651. The fourth-order valence-corrected chi connectivity index (χ4v) is 3.63. The molecule has 2 N–H and O–H groups in total. The molecule has 23 heavy (non-hydrogen) atoms. The lowest BCUT2D eigenvalue weighted by Crippen LogP contribution is -3.15. The highest BCUT2D eigenvalue weighted by molar-refractivity contribution is 7.16. The Labute approximate surface area is 140 Å². The second kappa shape index (κ2) is 7.68. The van der Waals surface area contributed by atoms with Gasteiger partial charge in [0.2, 0.25) is 0 Å². The van der Waals surface area contributed by atoms with Crippen LogP contribution >= 0.6 is 11.3 Å². The summed E-state index contributed by atoms with van der Waals surface area (Å²) in [5.74, 6) is 0.0258. The maximum absolute atomic E-state index is 12.2. The van der Waals surface area contributed by atoms with E-state index in [0.717, 1.165) is 44.0 Å². The third-order valence-electron chi connectivity index (χ3n) is 3.92. The lowest BCUT2D eigenvalue weighted by atomic mass is 10.1. The maximum Gasteiger partial charge on any atom is 0.281 e. The molecule has 3 rings (SSSR count). The lowest BCUT2D eigenvalue weighted by Gasteiger charge is -2.22. The first-order valence-electron chi connectivity index (χ1n) is 8.02. The Morgan fingerprint density at radius 2 is 2.04 bits per heavy atom. The van der Waals surface area contributed by atoms with Crippen LogP contribution in [0, 0.1) is 0 Å². The van der Waals surface area contributed by atoms with Crippen molar-refractivity contribution in [2.45, 2.75) is 13.3 Å². The van der Waals surface area contributed by atoms with Crippen LogP contribution in [0.5, 0.6) is 0 Å². The van der Waals surface area contributed by atoms with Crippen LogP contribution in [0.2, 0.25) is 0 Å². The number of hydrogen-bond acceptors (Lipinski definition) is 4. The predicted molar refractivity (Wildman–Crippen MR) is 91.9 cm³/mol. The van der Waals surface area contributed by atoms with Crippen LogP contribution in [0.15, 0.2) is 30.3 Å². The van der Waals surface area contributed by atoms with Gasteiger partial charge in [-0.05, 0) is 6.42 Å². The smallest absolute Gasteiger partial charge is 0.281 e. The molecule has 122 valence electrons. The molecule has 0 bridgehead atoms. The molecular weight excluding hydrogens is 310 g/mol. The summed E-state index contributed by atoms with van der Waals surface area (Å²) in [5, 5.41) is 3.65. The molecular formula is C17H22N3O2S+. The zero-order chi connectivity index (χ0) is 16.1. The van der Waals surface area contributed by atoms with Crippen molar-refractivity contribution in [3.63, 3.8) is 0 Å². The Morgan fingerprint density at radius 1 is 1.30 bits per heavy atom. The van der Waals surface area contributed by atoms with Gasteiger partial charge in [-0.3, -0.25) is 10.1 Å². The van der Waals surface area contributed by atoms with Gasteiger partial charge in [-0.15, -0.1) is 11.3 Å². The van der Waals surface area contributed by atoms with Crippen LogP contribution in [0.25, 0.3) is 11.3 Å². The van der Waals surface area contributed by atoms with Crippen molar-refractivity contribution < 1.29 is 14.4 Å². The number of ether oxygens (including phenoxy) is 1. The van der Waals surface area contributed by atoms with Crippen molar-refractivity contribution >= 4 is 22.4 Å². The first-order chi connectivity index (χ1) is 11.3. The molecule has 1 aromatic heterocycles. The molecule has 1 saturated heterocycles. The summed E-state index contributed by atoms with van der Waals surface area (Å²) in [6.07, 6.45) is 0.909. The Hall–Kier alpha value is -1.76. The number of quaternary nitrogens is 1. The highest BCUT2D eigenvalue weighted by Gasteiger charge is 2.19. The molecule has 6 heteroatoms. The Balaban J connectivity index is 1.68. The van der Waals surface area contributed by atoms with Crippen molar-refractivity contribution in [2.24, 2.45) is 0 Å². The number of aromatic nitrogens is 1. The van der Waals surface area contributed by atoms with E-state index in [-0.39, 0.29) is 5.91 Å². The van der Waals surface area contributed by atoms with E-state index >= 15 is 0 Å². The number of carbonyl (C=O) groups is 1. The van der Waals surface area contributed by atoms with Crippen LogP contribution in [0.1, 0.15) is 11.8 Å². The molecule has 1 aliphatic rings. The number of anilines is 1. The highest BCUT2D eigenvalue weighted by atomic mass is 32.1. The summed E-state index contributed by atoms with van der Waals surface area (Å²) in [6, 6.07) is 10.1. The minimum absolute atomic E-state index is 0.0258. The Kier molecular flexibility index (Phi) is 5.38. The van der Waals surface area contributed by atoms with E-state index in [1.165, 1.54) is 9.78 Å². The largest absolute Gasteiger partial charge is 0.370 e. The van der Waals surface area contributed by atoms with Gasteiger partial charge in [0.25, 0.3) is 5.91 Å². The number of nitrogens with zero attached hydrogens (tertiary/aromatic N) is 1. The lowest BCUT2D eigenvalue weighted by molar-refractivity contribution is -0.899. The normalized spacial score (nSPS) is 15.5. The number of benzene rings is 1. The first-order valence-corrected chi connectivity index (χ1v) is 8.84. The molecule has 1 amide bonds. The minimum atomic E-state index is 0.0258. The number of rotatable bonds is 5. The zero-order valence-electron chi connectivity index (χ0n) is 13.3. The number of aryl methyl sites for hydroxylation is 1. The average Bonchev–Trinajstić information content (AvgIpc) is 2.99. The summed E-state index contributed by atoms with van der Waals surface area (Å²) >= 11 is 1.57. The van der Waals surface area contributed by atoms with Crippen molar-refractivity contribution in [3.8, 4) is 11.3 Å². The summed E-state index contributed by atoms with van der Waals surface area (Å²) in [4.78, 5) is 19.3. The SMILES string of the molecule is CCc1sc(NC(=O)C[NH+]2CCOCC2)nc1-c1ccccc1. The van der Waals surface area contributed by atoms with Crippen LogP contribution in [0.3, 0.4) is 0 Å². The minimum Gasteiger partial charge on any atom is -0.370 e. The molecule has 5 nitrogen and oxygen atoms in total. The molecule has 1 aliphatic heterocycles. The zero-order valence-corrected chi connectivity index (χ0v) is 14.1. The van der Waals surface area contributed by atoms with Crippen molar-refractivity contribution in [1.29, 1.82) is 0 Å². The molecule has 0 spiro atoms. The molecule has 1 fully saturated rings. The van der Waals surface area contributed by atoms with Crippen LogP contribution < -0.4 is 10.2 Å². The van der Waals surface area contributed by atoms with Gasteiger partial charge < -0.3 is 9.64 Å². The van der Waals surface area contributed by atoms with Crippen molar-refractivity contribution in [3.05, 3.63) is 35.2 Å². The number of amides is 1. The molecule has 0 aliphatic carbocycles. The standard InChI is InChI=1S/C17H21N3O2S/c1-2-14-16(13-6-4-3-5-7-13)19-17(23-14)18-15(21)12-20-8-10-22-11-9-20/h3-7H,2,8-12H2,1H3,(H,18,19,21)/p+1. The van der Waals surface area contributed by atoms with Gasteiger partial charge >= 0.3 is 0 Å². The number of morpholine rings is 1. The van der Waals surface area contributed by atoms with Gasteiger partial charge in [0.05, 0.1) is 18.9 Å². The van der Waals surface area contributed by atoms with E-state index < -0.39 is 0 Å². The Morgan fingerprint density at radius 3 is 2.74 bits per heavy atom. The second-order valence-corrected chi connectivity index (χ2v) is 6.68. The van der Waals surface area contributed by atoms with Crippen molar-refractivity contribution in [2.75, 3.05) is 38.2 Å². The molecule has 0 unspecified atom stereocenters. The van der Waals surface area contributed by atoms with E-state index in [0.29, 0.717) is 11.7 Å². The summed E-state index contributed by atoms with van der Waals surface area (Å²) in [5.41, 5.74) is 2.08. The van der Waals surface area contributed by atoms with E-state index in [4.69, 9.17) is 4.74 Å². The van der Waals surface area contributed by atoms with E-state index in [1.807, 2.05) is 18.2 Å². The summed E-state index contributed by atoms with van der Waals surface area (Å²) < 4.78 is 5.32. The van der Waals surface area contributed by atoms with Crippen LogP contribution in [0.4, 0.5) is 5.13 Å². The van der Waals surface area contributed by atoms with E-state index in [9.17, 15) is 4.79 Å². The van der Waals surface area contributed by atoms with Gasteiger partial charge in [0.15, 0.2) is 11.7 Å². The molecule has 0 atom stereocenters. The van der Waals surface area contributed by atoms with Gasteiger partial charge in [-0.1, -0.05) is 37.3 Å². The summed E-state index contributed by atoms with van der Waals surface area (Å²) in [6.45, 7) is 5.84. The topological polar surface area (TPSA) is 55.7 Å². The fraction of sp³-hybridized carbons (Fsp3) is 0.412. The van der Waals surface area contributed by atoms with E-state index in [2.05, 4.69) is 29.4 Å². The molecule has 1 aromatic carbocycles. The fourth-order valence-electron chi connectivity index (χ4n) is 2.69. The average molecular weight is 332 g/mol. The predicted octanol–water partition coefficient (Wildman–Crippen LogP) is 1.23. The van der Waals surface area contributed by atoms with Gasteiger partial charge in [0.1, 0.15) is 13.1 Å². The number of hydrogen-bond donors (Lipinski definition) is 2. The quantitative estimate of drug-likeness (QED) is 0.866. The van der Waals surface area contributed by atoms with Crippen molar-refractivity contribution in [1.82, 2.24) is 4.98 Å². The van der Waals surface area contributed by atoms with Crippen LogP contribution in [-0.4, -0.2) is 43.7 Å². The molecule has 0 radical (unpaired) electrons. The summed E-state index contributed by atoms with van der Waals surface area (Å²) in [7, 11) is 0. The number of thiazole rings is 1. The number of nitrogens with one attached hydrogen (secondary N) is 2. The first kappa shape index (κ1) is 16.1. The second-order valence-electron chi connectivity index (χ2n) is 5.60. The number of carbonyl (C=O) groups excluding carboxylic acids is 1. The van der Waals surface area contributed by atoms with Gasteiger partial charge in [0, 0.05) is 10.4 Å². The monoisotopic (exact) mass is 332 g/mol. The van der Waals surface area contributed by atoms with Gasteiger partial charge in [-0.2, -0.15) is 0 Å². The highest BCUT2D eigenvalue weighted by Crippen LogP contribution is 2.31. The third-order valence-corrected chi connectivity index (χ3v) is 5.04. The van der Waals surface area contributed by atoms with Crippen LogP contribution in [-0.2, 0) is 16.0 Å². The van der Waals surface area contributed by atoms with Gasteiger partial charge in [-0.25, -0.2) is 4.98 Å². The third kappa shape index (κ3) is 4.16. The van der Waals surface area contributed by atoms with E-state index in [1.54, 1.807) is 11.3 Å². The molecule has 2 heterocycles. The molecule has 2 aromatic rings. The molecule has 0 saturated carbocycles. The maximum atomic E-state index is 12.2.